The van der Waals surface area contributed by atoms with E-state index in [9.17, 15) is 14.4 Å². The fourth-order valence-electron chi connectivity index (χ4n) is 4.55. The molecule has 1 N–H and O–H groups in total. The first kappa shape index (κ1) is 25.7. The molecule has 1 fully saturated rings. The van der Waals surface area contributed by atoms with Crippen LogP contribution in [0, 0.1) is 6.92 Å². The van der Waals surface area contributed by atoms with E-state index in [4.69, 9.17) is 20.8 Å². The number of nitrogens with one attached hydrogen (secondary N) is 1. The van der Waals surface area contributed by atoms with Gasteiger partial charge in [-0.1, -0.05) is 17.7 Å². The number of anilines is 1. The lowest BCUT2D eigenvalue weighted by atomic mass is 10.1. The van der Waals surface area contributed by atoms with Gasteiger partial charge in [-0.3, -0.25) is 19.3 Å². The van der Waals surface area contributed by atoms with Gasteiger partial charge in [0.05, 0.1) is 23.7 Å². The number of halogens is 1. The van der Waals surface area contributed by atoms with Gasteiger partial charge in [0.25, 0.3) is 5.91 Å². The molecule has 1 saturated heterocycles. The average molecular weight is 512 g/mol. The van der Waals surface area contributed by atoms with Crippen molar-refractivity contribution in [3.63, 3.8) is 0 Å². The number of ether oxygens (including phenoxy) is 1. The van der Waals surface area contributed by atoms with Gasteiger partial charge in [0.15, 0.2) is 22.6 Å². The summed E-state index contributed by atoms with van der Waals surface area (Å²) in [5.74, 6) is 0.114. The lowest BCUT2D eigenvalue weighted by molar-refractivity contribution is 0.0946. The van der Waals surface area contributed by atoms with Gasteiger partial charge in [0.2, 0.25) is 0 Å². The molecule has 0 saturated carbocycles. The Hall–Kier alpha value is -3.36. The highest BCUT2D eigenvalue weighted by atomic mass is 35.5. The first-order valence-corrected chi connectivity index (χ1v) is 12.3. The van der Waals surface area contributed by atoms with E-state index in [-0.39, 0.29) is 39.6 Å². The topological polar surface area (TPSA) is 92.1 Å². The third-order valence-corrected chi connectivity index (χ3v) is 6.74. The highest BCUT2D eigenvalue weighted by molar-refractivity contribution is 6.31. The van der Waals surface area contributed by atoms with Crippen LogP contribution in [0.2, 0.25) is 5.02 Å². The van der Waals surface area contributed by atoms with Crippen LogP contribution in [0.3, 0.4) is 0 Å². The molecule has 4 rings (SSSR count). The van der Waals surface area contributed by atoms with Gasteiger partial charge >= 0.3 is 0 Å². The second-order valence-electron chi connectivity index (χ2n) is 8.88. The Bertz CT molecular complexity index is 1350. The van der Waals surface area contributed by atoms with Crippen LogP contribution in [0.4, 0.5) is 5.69 Å². The van der Waals surface area contributed by atoms with Crippen LogP contribution < -0.4 is 20.4 Å². The number of nitrogens with zero attached hydrogens (tertiary/aromatic N) is 2. The Kier molecular flexibility index (Phi) is 7.96. The molecule has 0 bridgehead atoms. The number of hydrogen-bond donors (Lipinski definition) is 1. The molecule has 2 heterocycles. The fraction of sp³-hybridized carbons (Fsp3) is 0.370. The van der Waals surface area contributed by atoms with Crippen LogP contribution in [0.5, 0.6) is 5.75 Å². The number of ketones is 1. The van der Waals surface area contributed by atoms with Crippen molar-refractivity contribution >= 4 is 39.9 Å². The Labute approximate surface area is 214 Å². The zero-order valence-corrected chi connectivity index (χ0v) is 21.5. The summed E-state index contributed by atoms with van der Waals surface area (Å²) < 4.78 is 11.2. The van der Waals surface area contributed by atoms with Gasteiger partial charge in [-0.25, -0.2) is 0 Å². The third-order valence-electron chi connectivity index (χ3n) is 6.50. The van der Waals surface area contributed by atoms with E-state index in [1.807, 2.05) is 18.2 Å². The summed E-state index contributed by atoms with van der Waals surface area (Å²) in [4.78, 5) is 42.1. The number of rotatable bonds is 8. The number of carbonyl (C=O) groups excluding carboxylic acids is 2. The van der Waals surface area contributed by atoms with Gasteiger partial charge in [-0.15, -0.1) is 0 Å². The molecule has 1 aliphatic heterocycles. The molecule has 0 radical (unpaired) electrons. The lowest BCUT2D eigenvalue weighted by Gasteiger charge is -2.36. The molecule has 0 aliphatic carbocycles. The molecule has 190 valence electrons. The van der Waals surface area contributed by atoms with Crippen molar-refractivity contribution in [1.29, 1.82) is 0 Å². The molecule has 1 aromatic heterocycles. The van der Waals surface area contributed by atoms with Gasteiger partial charge in [0.1, 0.15) is 5.75 Å². The van der Waals surface area contributed by atoms with Crippen molar-refractivity contribution < 1.29 is 18.7 Å². The number of amides is 1. The van der Waals surface area contributed by atoms with E-state index in [1.54, 1.807) is 32.2 Å². The third kappa shape index (κ3) is 5.39. The van der Waals surface area contributed by atoms with E-state index >= 15 is 0 Å². The number of carbonyl (C=O) groups is 2. The quantitative estimate of drug-likeness (QED) is 0.362. The molecule has 1 amide bonds. The standard InChI is InChI=1S/C27H30ClN3O5/c1-17-24(33)20-6-4-7-21(26(20)36-25(17)18(2)32)27(34)29-10-5-11-30-12-14-31(15-13-30)22-16-19(28)8-9-23(22)35-3/h4,6-9,16H,5,10-15H2,1-3H3,(H,29,34). The number of para-hydroxylation sites is 1. The smallest absolute Gasteiger partial charge is 0.255 e. The van der Waals surface area contributed by atoms with Crippen molar-refractivity contribution in [2.45, 2.75) is 20.3 Å². The number of benzene rings is 2. The predicted octanol–water partition coefficient (Wildman–Crippen LogP) is 3.91. The molecular formula is C27H30ClN3O5. The number of piperazine rings is 1. The summed E-state index contributed by atoms with van der Waals surface area (Å²) in [7, 11) is 1.66. The molecule has 2 aromatic carbocycles. The normalized spacial score (nSPS) is 14.2. The van der Waals surface area contributed by atoms with Crippen LogP contribution >= 0.6 is 11.6 Å². The zero-order valence-electron chi connectivity index (χ0n) is 20.7. The molecule has 1 aliphatic rings. The number of hydrogen-bond acceptors (Lipinski definition) is 7. The maximum atomic E-state index is 12.9. The highest BCUT2D eigenvalue weighted by Crippen LogP contribution is 2.31. The fourth-order valence-corrected chi connectivity index (χ4v) is 4.71. The molecule has 8 nitrogen and oxygen atoms in total. The van der Waals surface area contributed by atoms with Crippen LogP contribution in [0.15, 0.2) is 45.6 Å². The van der Waals surface area contributed by atoms with Crippen molar-refractivity contribution in [2.75, 3.05) is 51.3 Å². The van der Waals surface area contributed by atoms with Crippen LogP contribution in [-0.2, 0) is 0 Å². The largest absolute Gasteiger partial charge is 0.495 e. The molecule has 0 unspecified atom stereocenters. The van der Waals surface area contributed by atoms with E-state index in [0.29, 0.717) is 17.0 Å². The Morgan fingerprint density at radius 1 is 1.14 bits per heavy atom. The predicted molar refractivity (Wildman–Crippen MR) is 141 cm³/mol. The number of methoxy groups -OCH3 is 1. The van der Waals surface area contributed by atoms with E-state index < -0.39 is 0 Å². The minimum Gasteiger partial charge on any atom is -0.495 e. The Balaban J connectivity index is 1.32. The van der Waals surface area contributed by atoms with E-state index in [0.717, 1.165) is 50.6 Å². The molecular weight excluding hydrogens is 482 g/mol. The summed E-state index contributed by atoms with van der Waals surface area (Å²) in [5.41, 5.74) is 1.34. The molecule has 3 aromatic rings. The second-order valence-corrected chi connectivity index (χ2v) is 9.31. The molecule has 0 spiro atoms. The summed E-state index contributed by atoms with van der Waals surface area (Å²) in [5, 5.41) is 3.89. The summed E-state index contributed by atoms with van der Waals surface area (Å²) in [6, 6.07) is 10.5. The first-order valence-electron chi connectivity index (χ1n) is 12.0. The summed E-state index contributed by atoms with van der Waals surface area (Å²) >= 11 is 6.18. The average Bonchev–Trinajstić information content (AvgIpc) is 2.88. The van der Waals surface area contributed by atoms with Gasteiger partial charge in [-0.05, 0) is 50.2 Å². The van der Waals surface area contributed by atoms with E-state index in [2.05, 4.69) is 15.1 Å². The van der Waals surface area contributed by atoms with Gasteiger partial charge < -0.3 is 19.4 Å². The van der Waals surface area contributed by atoms with Gasteiger partial charge in [-0.2, -0.15) is 0 Å². The van der Waals surface area contributed by atoms with Crippen LogP contribution in [0.1, 0.15) is 39.8 Å². The zero-order chi connectivity index (χ0) is 25.8. The summed E-state index contributed by atoms with van der Waals surface area (Å²) in [6.45, 7) is 7.72. The monoisotopic (exact) mass is 511 g/mol. The van der Waals surface area contributed by atoms with Crippen LogP contribution in [-0.4, -0.2) is 63.0 Å². The first-order chi connectivity index (χ1) is 17.3. The van der Waals surface area contributed by atoms with Crippen molar-refractivity contribution in [3.05, 3.63) is 68.5 Å². The second kappa shape index (κ2) is 11.1. The van der Waals surface area contributed by atoms with Crippen molar-refractivity contribution in [3.8, 4) is 5.75 Å². The number of fused-ring (bicyclic) bond motifs is 1. The molecule has 36 heavy (non-hydrogen) atoms. The minimum atomic E-state index is -0.351. The maximum Gasteiger partial charge on any atom is 0.255 e. The summed E-state index contributed by atoms with van der Waals surface area (Å²) in [6.07, 6.45) is 0.777. The lowest BCUT2D eigenvalue weighted by Crippen LogP contribution is -2.47. The van der Waals surface area contributed by atoms with E-state index in [1.165, 1.54) is 6.92 Å². The SMILES string of the molecule is COc1ccc(Cl)cc1N1CCN(CCCNC(=O)c2cccc3c(=O)c(C)c(C(C)=O)oc23)CC1. The molecule has 0 atom stereocenters. The Morgan fingerprint density at radius 2 is 1.89 bits per heavy atom. The van der Waals surface area contributed by atoms with Crippen molar-refractivity contribution in [2.24, 2.45) is 0 Å². The Morgan fingerprint density at radius 3 is 2.58 bits per heavy atom. The van der Waals surface area contributed by atoms with Crippen molar-refractivity contribution in [1.82, 2.24) is 10.2 Å². The minimum absolute atomic E-state index is 0.0118. The van der Waals surface area contributed by atoms with Gasteiger partial charge in [0, 0.05) is 50.2 Å². The molecule has 9 heteroatoms. The maximum absolute atomic E-state index is 12.9. The van der Waals surface area contributed by atoms with Crippen LogP contribution in [0.25, 0.3) is 11.0 Å². The highest BCUT2D eigenvalue weighted by Gasteiger charge is 2.21. The number of Topliss-reactive ketones (excluding diaryl/α,β-unsaturated/α-hetero) is 1.